The highest BCUT2D eigenvalue weighted by Gasteiger charge is 2.48. The molecule has 2 aromatic carbocycles. The third kappa shape index (κ3) is 4.54. The Kier molecular flexibility index (Phi) is 6.86. The van der Waals surface area contributed by atoms with Crippen molar-refractivity contribution in [2.24, 2.45) is 5.92 Å². The van der Waals surface area contributed by atoms with Crippen LogP contribution < -0.4 is 14.8 Å². The van der Waals surface area contributed by atoms with Crippen LogP contribution in [0.25, 0.3) is 0 Å². The number of nitrogens with zero attached hydrogens (tertiary/aromatic N) is 1. The number of carbonyl (C=O) groups is 2. The van der Waals surface area contributed by atoms with E-state index in [0.717, 1.165) is 25.7 Å². The van der Waals surface area contributed by atoms with Crippen LogP contribution in [-0.2, 0) is 4.79 Å². The quantitative estimate of drug-likeness (QED) is 0.698. The van der Waals surface area contributed by atoms with Gasteiger partial charge in [-0.1, -0.05) is 25.0 Å². The lowest BCUT2D eigenvalue weighted by Crippen LogP contribution is -2.50. The first-order chi connectivity index (χ1) is 15.9. The zero-order valence-electron chi connectivity index (χ0n) is 19.3. The number of hydrogen-bond donors (Lipinski definition) is 1. The van der Waals surface area contributed by atoms with Crippen molar-refractivity contribution in [2.45, 2.75) is 57.2 Å². The molecule has 0 radical (unpaired) electrons. The third-order valence-electron chi connectivity index (χ3n) is 6.98. The van der Waals surface area contributed by atoms with Gasteiger partial charge in [0.05, 0.1) is 25.8 Å². The number of halogens is 1. The summed E-state index contributed by atoms with van der Waals surface area (Å²) >= 11 is 0. The van der Waals surface area contributed by atoms with Crippen molar-refractivity contribution in [3.8, 4) is 11.5 Å². The van der Waals surface area contributed by atoms with Gasteiger partial charge in [0.2, 0.25) is 5.91 Å². The van der Waals surface area contributed by atoms with Crippen molar-refractivity contribution < 1.29 is 23.5 Å². The number of methoxy groups -OCH3 is 2. The second kappa shape index (κ2) is 9.81. The Balaban J connectivity index is 1.61. The van der Waals surface area contributed by atoms with E-state index in [0.29, 0.717) is 35.0 Å². The Hall–Kier alpha value is -3.09. The zero-order chi connectivity index (χ0) is 23.5. The fraction of sp³-hybridized carbons (Fsp3) is 0.462. The molecule has 6 nitrogen and oxygen atoms in total. The second-order valence-corrected chi connectivity index (χ2v) is 8.89. The van der Waals surface area contributed by atoms with Gasteiger partial charge in [0.1, 0.15) is 23.4 Å². The molecule has 1 N–H and O–H groups in total. The molecule has 1 aliphatic carbocycles. The molecule has 2 aromatic rings. The molecule has 176 valence electrons. The van der Waals surface area contributed by atoms with E-state index in [1.807, 2.05) is 6.07 Å². The van der Waals surface area contributed by atoms with Crippen molar-refractivity contribution >= 4 is 11.8 Å². The van der Waals surface area contributed by atoms with Crippen molar-refractivity contribution in [3.63, 3.8) is 0 Å². The van der Waals surface area contributed by atoms with E-state index in [-0.39, 0.29) is 17.9 Å². The van der Waals surface area contributed by atoms with Gasteiger partial charge in [0, 0.05) is 11.6 Å². The molecular weight excluding hydrogens is 423 g/mol. The Morgan fingerprint density at radius 1 is 1.06 bits per heavy atom. The van der Waals surface area contributed by atoms with Crippen molar-refractivity contribution in [1.82, 2.24) is 10.2 Å². The van der Waals surface area contributed by atoms with Gasteiger partial charge in [-0.15, -0.1) is 0 Å². The van der Waals surface area contributed by atoms with E-state index in [4.69, 9.17) is 9.47 Å². The first kappa shape index (κ1) is 23.1. The molecule has 2 fully saturated rings. The van der Waals surface area contributed by atoms with Gasteiger partial charge in [-0.2, -0.15) is 0 Å². The number of benzene rings is 2. The van der Waals surface area contributed by atoms with Crippen molar-refractivity contribution in [3.05, 3.63) is 59.4 Å². The summed E-state index contributed by atoms with van der Waals surface area (Å²) in [6, 6.07) is 10.3. The van der Waals surface area contributed by atoms with E-state index >= 15 is 0 Å². The molecule has 33 heavy (non-hydrogen) atoms. The minimum Gasteiger partial charge on any atom is -0.496 e. The molecule has 1 aliphatic heterocycles. The Bertz CT molecular complexity index is 1030. The molecule has 1 saturated heterocycles. The van der Waals surface area contributed by atoms with E-state index in [1.165, 1.54) is 26.4 Å². The van der Waals surface area contributed by atoms with Gasteiger partial charge in [-0.05, 0) is 62.4 Å². The summed E-state index contributed by atoms with van der Waals surface area (Å²) in [7, 11) is 3.05. The molecule has 1 saturated carbocycles. The van der Waals surface area contributed by atoms with E-state index in [2.05, 4.69) is 5.32 Å². The van der Waals surface area contributed by atoms with E-state index in [9.17, 15) is 14.0 Å². The monoisotopic (exact) mass is 454 g/mol. The average molecular weight is 455 g/mol. The van der Waals surface area contributed by atoms with Crippen LogP contribution in [0, 0.1) is 11.7 Å². The zero-order valence-corrected chi connectivity index (χ0v) is 19.3. The van der Waals surface area contributed by atoms with Gasteiger partial charge in [0.15, 0.2) is 0 Å². The number of amides is 2. The van der Waals surface area contributed by atoms with Crippen LogP contribution in [0.2, 0.25) is 0 Å². The standard InChI is InChI=1S/C26H31FN2O4/c1-16(20-15-18(27)12-13-24(20)33-3)28-25(30)22-14-17-8-4-6-10-21(17)29(22)26(31)19-9-5-7-11-23(19)32-2/h5,7,9,11-13,15-17,21-22H,4,6,8,10,14H2,1-3H3,(H,28,30). The Morgan fingerprint density at radius 3 is 2.55 bits per heavy atom. The summed E-state index contributed by atoms with van der Waals surface area (Å²) in [5.74, 6) is 0.494. The maximum atomic E-state index is 13.9. The van der Waals surface area contributed by atoms with Crippen LogP contribution in [0.4, 0.5) is 4.39 Å². The molecule has 4 atom stereocenters. The summed E-state index contributed by atoms with van der Waals surface area (Å²) in [6.07, 6.45) is 4.69. The number of carbonyl (C=O) groups excluding carboxylic acids is 2. The number of nitrogens with one attached hydrogen (secondary N) is 1. The topological polar surface area (TPSA) is 67.9 Å². The molecule has 1 heterocycles. The van der Waals surface area contributed by atoms with Gasteiger partial charge < -0.3 is 19.7 Å². The summed E-state index contributed by atoms with van der Waals surface area (Å²) in [5.41, 5.74) is 1.02. The smallest absolute Gasteiger partial charge is 0.258 e. The molecular formula is C26H31FN2O4. The number of likely N-dealkylation sites (tertiary alicyclic amines) is 1. The van der Waals surface area contributed by atoms with Gasteiger partial charge in [0.25, 0.3) is 5.91 Å². The normalized spacial score (nSPS) is 22.9. The Morgan fingerprint density at radius 2 is 1.79 bits per heavy atom. The summed E-state index contributed by atoms with van der Waals surface area (Å²) in [4.78, 5) is 29.0. The second-order valence-electron chi connectivity index (χ2n) is 8.89. The molecule has 0 aromatic heterocycles. The molecule has 2 amide bonds. The van der Waals surface area contributed by atoms with Crippen LogP contribution in [0.5, 0.6) is 11.5 Å². The largest absolute Gasteiger partial charge is 0.496 e. The van der Waals surface area contributed by atoms with Gasteiger partial charge in [-0.3, -0.25) is 9.59 Å². The Labute approximate surface area is 194 Å². The van der Waals surface area contributed by atoms with Crippen LogP contribution in [0.15, 0.2) is 42.5 Å². The molecule has 7 heteroatoms. The lowest BCUT2D eigenvalue weighted by molar-refractivity contribution is -0.125. The first-order valence-corrected chi connectivity index (χ1v) is 11.5. The molecule has 4 rings (SSSR count). The molecule has 2 aliphatic rings. The fourth-order valence-electron chi connectivity index (χ4n) is 5.38. The summed E-state index contributed by atoms with van der Waals surface area (Å²) in [5, 5.41) is 3.00. The average Bonchev–Trinajstić information content (AvgIpc) is 3.23. The molecule has 0 spiro atoms. The fourth-order valence-corrected chi connectivity index (χ4v) is 5.38. The van der Waals surface area contributed by atoms with E-state index in [1.54, 1.807) is 36.1 Å². The summed E-state index contributed by atoms with van der Waals surface area (Å²) < 4.78 is 24.6. The van der Waals surface area contributed by atoms with Crippen LogP contribution in [-0.4, -0.2) is 43.0 Å². The highest BCUT2D eigenvalue weighted by atomic mass is 19.1. The third-order valence-corrected chi connectivity index (χ3v) is 6.98. The predicted octanol–water partition coefficient (Wildman–Crippen LogP) is 4.49. The highest BCUT2D eigenvalue weighted by molar-refractivity contribution is 6.00. The lowest BCUT2D eigenvalue weighted by atomic mass is 9.84. The number of hydrogen-bond acceptors (Lipinski definition) is 4. The van der Waals surface area contributed by atoms with Crippen LogP contribution >= 0.6 is 0 Å². The summed E-state index contributed by atoms with van der Waals surface area (Å²) in [6.45, 7) is 1.80. The van der Waals surface area contributed by atoms with Crippen LogP contribution in [0.1, 0.15) is 61.0 Å². The number of rotatable bonds is 6. The maximum absolute atomic E-state index is 13.9. The number of fused-ring (bicyclic) bond motifs is 1. The minimum absolute atomic E-state index is 0.0333. The van der Waals surface area contributed by atoms with Gasteiger partial charge >= 0.3 is 0 Å². The number of ether oxygens (including phenoxy) is 2. The molecule has 4 unspecified atom stereocenters. The van der Waals surface area contributed by atoms with Crippen LogP contribution in [0.3, 0.4) is 0 Å². The van der Waals surface area contributed by atoms with E-state index < -0.39 is 17.9 Å². The number of para-hydroxylation sites is 1. The molecule has 0 bridgehead atoms. The predicted molar refractivity (Wildman–Crippen MR) is 123 cm³/mol. The SMILES string of the molecule is COc1ccccc1C(=O)N1C(C(=O)NC(C)c2cc(F)ccc2OC)CC2CCCCC21. The van der Waals surface area contributed by atoms with Crippen molar-refractivity contribution in [2.75, 3.05) is 14.2 Å². The highest BCUT2D eigenvalue weighted by Crippen LogP contribution is 2.41. The minimum atomic E-state index is -0.586. The maximum Gasteiger partial charge on any atom is 0.258 e. The van der Waals surface area contributed by atoms with Crippen molar-refractivity contribution in [1.29, 1.82) is 0 Å². The lowest BCUT2D eigenvalue weighted by Gasteiger charge is -2.34. The van der Waals surface area contributed by atoms with Gasteiger partial charge in [-0.25, -0.2) is 4.39 Å². The first-order valence-electron chi connectivity index (χ1n) is 11.5.